The summed E-state index contributed by atoms with van der Waals surface area (Å²) in [6.45, 7) is 1.74. The van der Waals surface area contributed by atoms with Crippen molar-refractivity contribution in [3.63, 3.8) is 0 Å². The third-order valence-corrected chi connectivity index (χ3v) is 2.56. The van der Waals surface area contributed by atoms with Crippen molar-refractivity contribution < 1.29 is 4.79 Å². The van der Waals surface area contributed by atoms with Crippen molar-refractivity contribution in [2.75, 3.05) is 0 Å². The average Bonchev–Trinajstić information content (AvgIpc) is 2.55. The number of nitrogens with zero attached hydrogens (tertiary/aromatic N) is 1. The van der Waals surface area contributed by atoms with Gasteiger partial charge in [0, 0.05) is 0 Å². The Hall–Kier alpha value is -1.01. The normalized spacial score (nSPS) is 12.1. The molecule has 1 aromatic rings. The molecule has 0 aromatic carbocycles. The largest absolute Gasteiger partial charge is 0.392 e. The molecule has 6 heteroatoms. The number of rotatable bonds is 3. The molecule has 1 amide bonds. The molecule has 70 valence electrons. The lowest BCUT2D eigenvalue weighted by molar-refractivity contribution is 0.0953. The van der Waals surface area contributed by atoms with Crippen molar-refractivity contribution in [1.29, 1.82) is 0 Å². The number of hydrogen-bond acceptors (Lipinski definition) is 4. The van der Waals surface area contributed by atoms with E-state index >= 15 is 0 Å². The zero-order valence-corrected chi connectivity index (χ0v) is 8.61. The first-order valence-electron chi connectivity index (χ1n) is 3.60. The second-order valence-corrected chi connectivity index (χ2v) is 3.82. The Balaban J connectivity index is 2.56. The summed E-state index contributed by atoms with van der Waals surface area (Å²) in [5.74, 6) is -0.192. The number of nitrogens with one attached hydrogen (secondary N) is 1. The van der Waals surface area contributed by atoms with E-state index in [0.29, 0.717) is 4.88 Å². The van der Waals surface area contributed by atoms with Crippen LogP contribution in [0.5, 0.6) is 0 Å². The molecule has 0 aliphatic carbocycles. The third-order valence-electron chi connectivity index (χ3n) is 1.43. The Bertz CT molecular complexity index is 310. The summed E-state index contributed by atoms with van der Waals surface area (Å²) >= 11 is 5.99. The quantitative estimate of drug-likeness (QED) is 0.722. The summed E-state index contributed by atoms with van der Waals surface area (Å²) in [4.78, 5) is 16.0. The van der Waals surface area contributed by atoms with Crippen LogP contribution in [-0.2, 0) is 0 Å². The van der Waals surface area contributed by atoms with E-state index in [1.165, 1.54) is 17.5 Å². The van der Waals surface area contributed by atoms with Gasteiger partial charge >= 0.3 is 0 Å². The van der Waals surface area contributed by atoms with Crippen molar-refractivity contribution in [2.45, 2.75) is 13.0 Å². The molecule has 4 nitrogen and oxygen atoms in total. The molecule has 0 spiro atoms. The molecular formula is C7H9N3OS2. The van der Waals surface area contributed by atoms with E-state index in [1.54, 1.807) is 12.4 Å². The van der Waals surface area contributed by atoms with Gasteiger partial charge in [-0.25, -0.2) is 0 Å². The van der Waals surface area contributed by atoms with E-state index in [4.69, 9.17) is 18.0 Å². The highest BCUT2D eigenvalue weighted by molar-refractivity contribution is 7.80. The van der Waals surface area contributed by atoms with Gasteiger partial charge in [-0.15, -0.1) is 11.3 Å². The topological polar surface area (TPSA) is 68.0 Å². The highest BCUT2D eigenvalue weighted by atomic mass is 32.1. The van der Waals surface area contributed by atoms with E-state index in [0.717, 1.165) is 0 Å². The van der Waals surface area contributed by atoms with Crippen LogP contribution in [0.3, 0.4) is 0 Å². The van der Waals surface area contributed by atoms with Crippen molar-refractivity contribution in [3.05, 3.63) is 16.6 Å². The number of amides is 1. The molecule has 13 heavy (non-hydrogen) atoms. The molecule has 1 unspecified atom stereocenters. The minimum Gasteiger partial charge on any atom is -0.392 e. The molecule has 1 heterocycles. The van der Waals surface area contributed by atoms with Crippen LogP contribution in [0.1, 0.15) is 16.6 Å². The highest BCUT2D eigenvalue weighted by Crippen LogP contribution is 2.04. The predicted molar refractivity (Wildman–Crippen MR) is 55.8 cm³/mol. The smallest absolute Gasteiger partial charge is 0.263 e. The van der Waals surface area contributed by atoms with Gasteiger partial charge in [0.25, 0.3) is 5.91 Å². The van der Waals surface area contributed by atoms with Gasteiger partial charge in [0.1, 0.15) is 4.88 Å². The van der Waals surface area contributed by atoms with Gasteiger partial charge in [-0.2, -0.15) is 0 Å². The van der Waals surface area contributed by atoms with Gasteiger partial charge < -0.3 is 11.1 Å². The van der Waals surface area contributed by atoms with E-state index in [2.05, 4.69) is 10.3 Å². The maximum Gasteiger partial charge on any atom is 0.263 e. The molecule has 0 saturated heterocycles. The van der Waals surface area contributed by atoms with Gasteiger partial charge in [-0.05, 0) is 6.92 Å². The first-order chi connectivity index (χ1) is 6.11. The Labute approximate surface area is 85.2 Å². The van der Waals surface area contributed by atoms with Crippen molar-refractivity contribution in [2.24, 2.45) is 5.73 Å². The fourth-order valence-corrected chi connectivity index (χ4v) is 1.25. The highest BCUT2D eigenvalue weighted by Gasteiger charge is 2.11. The van der Waals surface area contributed by atoms with Crippen LogP contribution >= 0.6 is 23.6 Å². The Morgan fingerprint density at radius 3 is 3.00 bits per heavy atom. The maximum absolute atomic E-state index is 11.4. The van der Waals surface area contributed by atoms with Gasteiger partial charge in [0.2, 0.25) is 0 Å². The van der Waals surface area contributed by atoms with Crippen LogP contribution in [0, 0.1) is 0 Å². The lowest BCUT2D eigenvalue weighted by Crippen LogP contribution is -2.40. The molecule has 1 aromatic heterocycles. The summed E-state index contributed by atoms with van der Waals surface area (Å²) in [5, 5.41) is 2.65. The van der Waals surface area contributed by atoms with Crippen molar-refractivity contribution >= 4 is 34.5 Å². The van der Waals surface area contributed by atoms with E-state index < -0.39 is 0 Å². The minimum atomic E-state index is -0.287. The van der Waals surface area contributed by atoms with Crippen LogP contribution in [0.4, 0.5) is 0 Å². The lowest BCUT2D eigenvalue weighted by atomic mass is 10.3. The number of carbonyl (C=O) groups excluding carboxylic acids is 1. The summed E-state index contributed by atoms with van der Waals surface area (Å²) < 4.78 is 0. The van der Waals surface area contributed by atoms with Gasteiger partial charge in [0.05, 0.1) is 22.7 Å². The summed E-state index contributed by atoms with van der Waals surface area (Å²) in [6.07, 6.45) is 1.51. The van der Waals surface area contributed by atoms with Crippen LogP contribution in [0.2, 0.25) is 0 Å². The SMILES string of the molecule is CC(NC(=O)c1cncs1)C(N)=S. The fraction of sp³-hybridized carbons (Fsp3) is 0.286. The number of nitrogens with two attached hydrogens (primary N) is 1. The Morgan fingerprint density at radius 2 is 2.54 bits per heavy atom. The molecule has 0 aliphatic rings. The number of thiocarbonyl (C=S) groups is 1. The second kappa shape index (κ2) is 4.29. The first kappa shape index (κ1) is 10.1. The van der Waals surface area contributed by atoms with Crippen LogP contribution in [0.25, 0.3) is 0 Å². The lowest BCUT2D eigenvalue weighted by Gasteiger charge is -2.10. The molecule has 0 fully saturated rings. The van der Waals surface area contributed by atoms with Crippen molar-refractivity contribution in [1.82, 2.24) is 10.3 Å². The number of hydrogen-bond donors (Lipinski definition) is 2. The molecule has 0 aliphatic heterocycles. The first-order valence-corrected chi connectivity index (χ1v) is 4.88. The molecule has 3 N–H and O–H groups in total. The molecule has 0 radical (unpaired) electrons. The van der Waals surface area contributed by atoms with Crippen LogP contribution in [0.15, 0.2) is 11.7 Å². The third kappa shape index (κ3) is 2.74. The van der Waals surface area contributed by atoms with Crippen LogP contribution in [-0.4, -0.2) is 21.9 Å². The second-order valence-electron chi connectivity index (χ2n) is 2.46. The fourth-order valence-electron chi connectivity index (χ4n) is 0.667. The summed E-state index contributed by atoms with van der Waals surface area (Å²) in [5.41, 5.74) is 6.94. The maximum atomic E-state index is 11.4. The van der Waals surface area contributed by atoms with Crippen molar-refractivity contribution in [3.8, 4) is 0 Å². The molecule has 1 rings (SSSR count). The summed E-state index contributed by atoms with van der Waals surface area (Å²) in [7, 11) is 0. The van der Waals surface area contributed by atoms with Gasteiger partial charge in [-0.3, -0.25) is 9.78 Å². The van der Waals surface area contributed by atoms with Crippen LogP contribution < -0.4 is 11.1 Å². The molecule has 0 saturated carbocycles. The van der Waals surface area contributed by atoms with Gasteiger partial charge in [0.15, 0.2) is 0 Å². The molecule has 1 atom stereocenters. The molecular weight excluding hydrogens is 206 g/mol. The predicted octanol–water partition coefficient (Wildman–Crippen LogP) is 0.548. The summed E-state index contributed by atoms with van der Waals surface area (Å²) in [6, 6.07) is -0.287. The Morgan fingerprint density at radius 1 is 1.85 bits per heavy atom. The monoisotopic (exact) mass is 215 g/mol. The van der Waals surface area contributed by atoms with E-state index in [-0.39, 0.29) is 16.9 Å². The average molecular weight is 215 g/mol. The zero-order chi connectivity index (χ0) is 9.84. The van der Waals surface area contributed by atoms with E-state index in [9.17, 15) is 4.79 Å². The molecule has 0 bridgehead atoms. The Kier molecular flexibility index (Phi) is 3.32. The number of thiazole rings is 1. The van der Waals surface area contributed by atoms with E-state index in [1.807, 2.05) is 0 Å². The minimum absolute atomic E-state index is 0.192. The standard InChI is InChI=1S/C7H9N3OS2/c1-4(6(8)12)10-7(11)5-2-9-3-13-5/h2-4H,1H3,(H2,8,12)(H,10,11). The number of aromatic nitrogens is 1. The zero-order valence-electron chi connectivity index (χ0n) is 6.98. The van der Waals surface area contributed by atoms with Gasteiger partial charge in [-0.1, -0.05) is 12.2 Å². The number of carbonyl (C=O) groups is 1.